The number of hydrogen-bond donors (Lipinski definition) is 2. The highest BCUT2D eigenvalue weighted by atomic mass is 16.7. The van der Waals surface area contributed by atoms with E-state index in [1.54, 1.807) is 23.1 Å². The minimum atomic E-state index is -0.399. The van der Waals surface area contributed by atoms with E-state index in [4.69, 9.17) is 9.47 Å². The molecule has 1 aromatic carbocycles. The van der Waals surface area contributed by atoms with Crippen molar-refractivity contribution in [3.05, 3.63) is 23.8 Å². The molecule has 1 aromatic rings. The molecule has 1 atom stereocenters. The molecule has 3 rings (SSSR count). The molecule has 2 aliphatic rings. The van der Waals surface area contributed by atoms with Gasteiger partial charge in [0.2, 0.25) is 12.7 Å². The minimum Gasteiger partial charge on any atom is -0.454 e. The zero-order chi connectivity index (χ0) is 17.6. The van der Waals surface area contributed by atoms with Gasteiger partial charge in [-0.1, -0.05) is 6.92 Å². The summed E-state index contributed by atoms with van der Waals surface area (Å²) in [5, 5.41) is 6.17. The molecule has 136 valence electrons. The van der Waals surface area contributed by atoms with Crippen LogP contribution in [0.3, 0.4) is 0 Å². The first-order valence-electron chi connectivity index (χ1n) is 8.89. The first-order valence-corrected chi connectivity index (χ1v) is 8.89. The second-order valence-corrected chi connectivity index (χ2v) is 6.27. The first kappa shape index (κ1) is 17.5. The van der Waals surface area contributed by atoms with E-state index in [0.717, 1.165) is 25.9 Å². The number of benzene rings is 1. The summed E-state index contributed by atoms with van der Waals surface area (Å²) in [5.41, 5.74) is 0.522. The maximum atomic E-state index is 12.8. The lowest BCUT2D eigenvalue weighted by Gasteiger charge is -2.24. The molecule has 0 radical (unpaired) electrons. The van der Waals surface area contributed by atoms with E-state index in [2.05, 4.69) is 17.6 Å². The fraction of sp³-hybridized carbons (Fsp3) is 0.556. The lowest BCUT2D eigenvalue weighted by molar-refractivity contribution is -0.124. The Labute approximate surface area is 147 Å². The van der Waals surface area contributed by atoms with Gasteiger partial charge in [0.15, 0.2) is 11.5 Å². The molecule has 2 heterocycles. The number of rotatable bonds is 7. The number of ether oxygens (including phenoxy) is 2. The Morgan fingerprint density at radius 2 is 2.04 bits per heavy atom. The van der Waals surface area contributed by atoms with Gasteiger partial charge in [0, 0.05) is 25.2 Å². The molecule has 7 nitrogen and oxygen atoms in total. The van der Waals surface area contributed by atoms with Gasteiger partial charge < -0.3 is 25.0 Å². The van der Waals surface area contributed by atoms with Crippen molar-refractivity contribution in [2.24, 2.45) is 0 Å². The lowest BCUT2D eigenvalue weighted by Crippen LogP contribution is -2.47. The number of hydrogen-bond acceptors (Lipinski definition) is 5. The lowest BCUT2D eigenvalue weighted by atomic mass is 10.1. The average Bonchev–Trinajstić information content (AvgIpc) is 3.29. The zero-order valence-electron chi connectivity index (χ0n) is 14.5. The molecule has 0 spiro atoms. The summed E-state index contributed by atoms with van der Waals surface area (Å²) in [6, 6.07) is 4.74. The number of amides is 2. The number of fused-ring (bicyclic) bond motifs is 1. The molecule has 0 saturated carbocycles. The second kappa shape index (κ2) is 8.20. The molecular weight excluding hydrogens is 322 g/mol. The third-order valence-corrected chi connectivity index (χ3v) is 4.46. The van der Waals surface area contributed by atoms with E-state index >= 15 is 0 Å². The van der Waals surface area contributed by atoms with Gasteiger partial charge in [-0.05, 0) is 44.0 Å². The predicted octanol–water partition coefficient (Wildman–Crippen LogP) is 1.14. The number of likely N-dealkylation sites (tertiary alicyclic amines) is 1. The van der Waals surface area contributed by atoms with Crippen LogP contribution in [0.2, 0.25) is 0 Å². The SMILES string of the molecule is CCCNCCNC(=O)C1CCCN1C(=O)c1ccc2c(c1)OCO2. The van der Waals surface area contributed by atoms with Gasteiger partial charge in [0.25, 0.3) is 5.91 Å². The summed E-state index contributed by atoms with van der Waals surface area (Å²) in [6.07, 6.45) is 2.60. The molecule has 0 bridgehead atoms. The summed E-state index contributed by atoms with van der Waals surface area (Å²) in [5.74, 6) is 1.00. The fourth-order valence-electron chi connectivity index (χ4n) is 3.17. The fourth-order valence-corrected chi connectivity index (χ4v) is 3.17. The van der Waals surface area contributed by atoms with E-state index in [0.29, 0.717) is 36.6 Å². The molecule has 1 unspecified atom stereocenters. The number of nitrogens with zero attached hydrogens (tertiary/aromatic N) is 1. The summed E-state index contributed by atoms with van der Waals surface area (Å²) in [6.45, 7) is 5.12. The van der Waals surface area contributed by atoms with Crippen LogP contribution < -0.4 is 20.1 Å². The van der Waals surface area contributed by atoms with Crippen LogP contribution in [-0.4, -0.2) is 55.7 Å². The molecule has 7 heteroatoms. The van der Waals surface area contributed by atoms with Crippen molar-refractivity contribution in [3.8, 4) is 11.5 Å². The van der Waals surface area contributed by atoms with E-state index < -0.39 is 6.04 Å². The van der Waals surface area contributed by atoms with Gasteiger partial charge in [0.1, 0.15) is 6.04 Å². The highest BCUT2D eigenvalue weighted by Gasteiger charge is 2.34. The third-order valence-electron chi connectivity index (χ3n) is 4.46. The summed E-state index contributed by atoms with van der Waals surface area (Å²) >= 11 is 0. The van der Waals surface area contributed by atoms with E-state index in [1.165, 1.54) is 0 Å². The van der Waals surface area contributed by atoms with Crippen LogP contribution in [0.1, 0.15) is 36.5 Å². The summed E-state index contributed by atoms with van der Waals surface area (Å²) in [4.78, 5) is 26.9. The third kappa shape index (κ3) is 4.04. The maximum Gasteiger partial charge on any atom is 0.254 e. The normalized spacial score (nSPS) is 18.4. The molecule has 1 saturated heterocycles. The van der Waals surface area contributed by atoms with Crippen molar-refractivity contribution < 1.29 is 19.1 Å². The standard InChI is InChI=1S/C18H25N3O4/c1-2-7-19-8-9-20-17(22)14-4-3-10-21(14)18(23)13-5-6-15-16(11-13)25-12-24-15/h5-6,11,14,19H,2-4,7-10,12H2,1H3,(H,20,22). The Morgan fingerprint density at radius 3 is 2.88 bits per heavy atom. The molecule has 0 aliphatic carbocycles. The largest absolute Gasteiger partial charge is 0.454 e. The number of carbonyl (C=O) groups excluding carboxylic acids is 2. The molecule has 2 aliphatic heterocycles. The van der Waals surface area contributed by atoms with Crippen LogP contribution in [-0.2, 0) is 4.79 Å². The Morgan fingerprint density at radius 1 is 1.20 bits per heavy atom. The smallest absolute Gasteiger partial charge is 0.254 e. The Bertz CT molecular complexity index is 635. The molecule has 0 aromatic heterocycles. The molecule has 2 amide bonds. The highest BCUT2D eigenvalue weighted by molar-refractivity contribution is 5.98. The van der Waals surface area contributed by atoms with Gasteiger partial charge in [-0.25, -0.2) is 0 Å². The van der Waals surface area contributed by atoms with Crippen molar-refractivity contribution in [2.75, 3.05) is 33.0 Å². The van der Waals surface area contributed by atoms with Crippen molar-refractivity contribution in [2.45, 2.75) is 32.2 Å². The van der Waals surface area contributed by atoms with Crippen molar-refractivity contribution >= 4 is 11.8 Å². The molecule has 2 N–H and O–H groups in total. The quantitative estimate of drug-likeness (QED) is 0.723. The summed E-state index contributed by atoms with van der Waals surface area (Å²) < 4.78 is 10.6. The average molecular weight is 347 g/mol. The first-order chi connectivity index (χ1) is 12.2. The van der Waals surface area contributed by atoms with E-state index in [9.17, 15) is 9.59 Å². The highest BCUT2D eigenvalue weighted by Crippen LogP contribution is 2.33. The number of nitrogens with one attached hydrogen (secondary N) is 2. The van der Waals surface area contributed by atoms with Crippen LogP contribution in [0.15, 0.2) is 18.2 Å². The van der Waals surface area contributed by atoms with Gasteiger partial charge in [-0.3, -0.25) is 9.59 Å². The Hall–Kier alpha value is -2.28. The van der Waals surface area contributed by atoms with Gasteiger partial charge in [0.05, 0.1) is 0 Å². The van der Waals surface area contributed by atoms with Crippen molar-refractivity contribution in [3.63, 3.8) is 0 Å². The van der Waals surface area contributed by atoms with Gasteiger partial charge in [-0.2, -0.15) is 0 Å². The van der Waals surface area contributed by atoms with E-state index in [-0.39, 0.29) is 18.6 Å². The van der Waals surface area contributed by atoms with Crippen LogP contribution in [0.5, 0.6) is 11.5 Å². The zero-order valence-corrected chi connectivity index (χ0v) is 14.5. The summed E-state index contributed by atoms with van der Waals surface area (Å²) in [7, 11) is 0. The minimum absolute atomic E-state index is 0.0788. The number of carbonyl (C=O) groups is 2. The van der Waals surface area contributed by atoms with Crippen LogP contribution in [0, 0.1) is 0 Å². The molecule has 1 fully saturated rings. The van der Waals surface area contributed by atoms with Crippen molar-refractivity contribution in [1.82, 2.24) is 15.5 Å². The van der Waals surface area contributed by atoms with Gasteiger partial charge >= 0.3 is 0 Å². The second-order valence-electron chi connectivity index (χ2n) is 6.27. The van der Waals surface area contributed by atoms with Gasteiger partial charge in [-0.15, -0.1) is 0 Å². The van der Waals surface area contributed by atoms with Crippen molar-refractivity contribution in [1.29, 1.82) is 0 Å². The monoisotopic (exact) mass is 347 g/mol. The molecular formula is C18H25N3O4. The van der Waals surface area contributed by atoms with Crippen LogP contribution in [0.4, 0.5) is 0 Å². The Kier molecular flexibility index (Phi) is 5.75. The topological polar surface area (TPSA) is 79.9 Å². The Balaban J connectivity index is 1.59. The molecule has 25 heavy (non-hydrogen) atoms. The van der Waals surface area contributed by atoms with E-state index in [1.807, 2.05) is 0 Å². The van der Waals surface area contributed by atoms with Crippen LogP contribution in [0.25, 0.3) is 0 Å². The van der Waals surface area contributed by atoms with Crippen LogP contribution >= 0.6 is 0 Å². The predicted molar refractivity (Wildman–Crippen MR) is 92.8 cm³/mol. The maximum absolute atomic E-state index is 12.8.